The highest BCUT2D eigenvalue weighted by Crippen LogP contribution is 2.65. The second-order valence-electron chi connectivity index (χ2n) is 12.7. The number of nitrogens with zero attached hydrogens (tertiary/aromatic N) is 1. The molecule has 3 N–H and O–H groups in total. The minimum atomic E-state index is -1.15. The summed E-state index contributed by atoms with van der Waals surface area (Å²) in [6, 6.07) is 4.48. The van der Waals surface area contributed by atoms with Crippen molar-refractivity contribution in [3.8, 4) is 10.4 Å². The number of rotatable bonds is 9. The number of aromatic nitrogens is 1. The number of aliphatic hydroxyl groups is 1. The van der Waals surface area contributed by atoms with E-state index in [-0.39, 0.29) is 23.0 Å². The van der Waals surface area contributed by atoms with Crippen LogP contribution in [-0.2, 0) is 14.1 Å². The Kier molecular flexibility index (Phi) is 7.69. The normalized spacial score (nSPS) is 29.2. The van der Waals surface area contributed by atoms with E-state index in [0.717, 1.165) is 23.3 Å². The third-order valence-corrected chi connectivity index (χ3v) is 10.1. The smallest absolute Gasteiger partial charge is 0.404 e. The molecule has 3 heterocycles. The fourth-order valence-electron chi connectivity index (χ4n) is 6.86. The highest BCUT2D eigenvalue weighted by Gasteiger charge is 2.68. The lowest BCUT2D eigenvalue weighted by Crippen LogP contribution is -2.65. The van der Waals surface area contributed by atoms with Crippen molar-refractivity contribution < 1.29 is 24.0 Å². The molecule has 2 amide bonds. The van der Waals surface area contributed by atoms with Crippen molar-refractivity contribution in [1.29, 1.82) is 0 Å². The van der Waals surface area contributed by atoms with Crippen LogP contribution in [0.2, 0.25) is 0 Å². The summed E-state index contributed by atoms with van der Waals surface area (Å²) in [6.45, 7) is 12.5. The fraction of sp³-hybridized carbons (Fsp3) is 0.621. The van der Waals surface area contributed by atoms with Crippen LogP contribution in [0.5, 0.6) is 0 Å². The maximum atomic E-state index is 13.5. The number of amides is 2. The zero-order chi connectivity index (χ0) is 28.1. The van der Waals surface area contributed by atoms with Crippen molar-refractivity contribution in [1.82, 2.24) is 15.6 Å². The summed E-state index contributed by atoms with van der Waals surface area (Å²) in [4.78, 5) is 31.8. The summed E-state index contributed by atoms with van der Waals surface area (Å²) in [5, 5.41) is 18.2. The molecule has 1 saturated heterocycles. The number of carbonyl (C=O) groups excluding carboxylic acids is 2. The van der Waals surface area contributed by atoms with Crippen LogP contribution >= 0.6 is 11.3 Å². The van der Waals surface area contributed by atoms with Gasteiger partial charge in [0.2, 0.25) is 5.91 Å². The maximum absolute atomic E-state index is 13.5. The van der Waals surface area contributed by atoms with Crippen molar-refractivity contribution in [3.05, 3.63) is 41.5 Å². The molecule has 0 spiro atoms. The Morgan fingerprint density at radius 1 is 1.21 bits per heavy atom. The molecule has 210 valence electrons. The summed E-state index contributed by atoms with van der Waals surface area (Å²) in [5.41, 5.74) is 0.970. The Bertz CT molecular complexity index is 1210. The first-order chi connectivity index (χ1) is 18.4. The molecule has 4 aliphatic rings. The number of hydrogen-bond donors (Lipinski definition) is 3. The third-order valence-electron chi connectivity index (χ3n) is 9.21. The molecule has 8 nitrogen and oxygen atoms in total. The van der Waals surface area contributed by atoms with Crippen molar-refractivity contribution in [3.63, 3.8) is 0 Å². The molecule has 0 radical (unpaired) electrons. The summed E-state index contributed by atoms with van der Waals surface area (Å²) in [7, 11) is -0.585. The minimum Gasteiger partial charge on any atom is -0.404 e. The lowest BCUT2D eigenvalue weighted by atomic mass is 9.43. The second kappa shape index (κ2) is 10.6. The predicted molar refractivity (Wildman–Crippen MR) is 152 cm³/mol. The number of thiophene rings is 1. The SMILES string of the molecule is CC(C)C[C@H](NC(=O)[C@@H](NC(=O)c1cncc(-c2cccs2)c1)[C@@H](C)O)B1O[C@@H]2C[C@@H]3C[C@@H](C3(C)C)[C@]2(C)O1. The van der Waals surface area contributed by atoms with Gasteiger partial charge in [-0.05, 0) is 73.8 Å². The Morgan fingerprint density at radius 3 is 2.62 bits per heavy atom. The molecule has 2 aromatic rings. The lowest BCUT2D eigenvalue weighted by molar-refractivity contribution is -0.199. The molecule has 6 rings (SSSR count). The first-order valence-electron chi connectivity index (χ1n) is 14.0. The molecular weight excluding hydrogens is 513 g/mol. The van der Waals surface area contributed by atoms with Gasteiger partial charge in [0.15, 0.2) is 0 Å². The lowest BCUT2D eigenvalue weighted by Gasteiger charge is -2.64. The Balaban J connectivity index is 1.29. The van der Waals surface area contributed by atoms with E-state index in [0.29, 0.717) is 23.8 Å². The molecule has 4 fully saturated rings. The van der Waals surface area contributed by atoms with Gasteiger partial charge in [0.25, 0.3) is 5.91 Å². The summed E-state index contributed by atoms with van der Waals surface area (Å²) < 4.78 is 13.1. The van der Waals surface area contributed by atoms with Gasteiger partial charge in [0.1, 0.15) is 6.04 Å². The number of nitrogens with one attached hydrogen (secondary N) is 2. The van der Waals surface area contributed by atoms with Crippen LogP contribution in [0.1, 0.15) is 71.2 Å². The molecule has 7 atom stereocenters. The van der Waals surface area contributed by atoms with Crippen molar-refractivity contribution in [2.45, 2.75) is 90.6 Å². The fourth-order valence-corrected chi connectivity index (χ4v) is 7.57. The van der Waals surface area contributed by atoms with Crippen LogP contribution in [-0.4, -0.2) is 58.8 Å². The quantitative estimate of drug-likeness (QED) is 0.404. The third kappa shape index (κ3) is 5.28. The molecule has 2 aromatic heterocycles. The van der Waals surface area contributed by atoms with Gasteiger partial charge in [-0.15, -0.1) is 11.3 Å². The molecular formula is C29H40BN3O5S. The van der Waals surface area contributed by atoms with E-state index in [1.165, 1.54) is 13.1 Å². The largest absolute Gasteiger partial charge is 0.481 e. The average Bonchev–Trinajstić information content (AvgIpc) is 3.53. The van der Waals surface area contributed by atoms with Gasteiger partial charge in [0.05, 0.1) is 29.3 Å². The molecule has 2 bridgehead atoms. The monoisotopic (exact) mass is 553 g/mol. The van der Waals surface area contributed by atoms with E-state index >= 15 is 0 Å². The van der Waals surface area contributed by atoms with Crippen molar-refractivity contribution >= 4 is 30.3 Å². The summed E-state index contributed by atoms with van der Waals surface area (Å²) in [6.07, 6.45) is 4.80. The first kappa shape index (κ1) is 28.3. The van der Waals surface area contributed by atoms with E-state index in [4.69, 9.17) is 9.31 Å². The van der Waals surface area contributed by atoms with Gasteiger partial charge in [0, 0.05) is 22.8 Å². The van der Waals surface area contributed by atoms with Crippen molar-refractivity contribution in [2.75, 3.05) is 0 Å². The van der Waals surface area contributed by atoms with E-state index in [1.54, 1.807) is 23.6 Å². The standard InChI is InChI=1S/C29H40BN3O5S/c1-16(2)10-24(30-37-23-13-20-12-22(28(20,4)5)29(23,6)38-30)32-27(36)25(17(3)34)33-26(35)19-11-18(14-31-15-19)21-8-7-9-39-21/h7-9,11,14-17,20,22-25,34H,10,12-13H2,1-6H3,(H,32,36)(H,33,35)/t17-,20+,22+,23-,24+,25+,29+/m1/s1. The molecule has 0 aromatic carbocycles. The minimum absolute atomic E-state index is 0.00114. The van der Waals surface area contributed by atoms with Gasteiger partial charge in [-0.2, -0.15) is 0 Å². The Hall–Kier alpha value is -2.27. The summed E-state index contributed by atoms with van der Waals surface area (Å²) >= 11 is 1.55. The predicted octanol–water partition coefficient (Wildman–Crippen LogP) is 4.09. The van der Waals surface area contributed by atoms with E-state index in [1.807, 2.05) is 17.5 Å². The zero-order valence-corrected chi connectivity index (χ0v) is 24.5. The van der Waals surface area contributed by atoms with Crippen LogP contribution in [0, 0.1) is 23.2 Å². The van der Waals surface area contributed by atoms with E-state index in [9.17, 15) is 14.7 Å². The number of pyridine rings is 1. The molecule has 3 saturated carbocycles. The van der Waals surface area contributed by atoms with Gasteiger partial charge in [-0.3, -0.25) is 14.6 Å². The van der Waals surface area contributed by atoms with Gasteiger partial charge < -0.3 is 25.0 Å². The average molecular weight is 554 g/mol. The first-order valence-corrected chi connectivity index (χ1v) is 14.9. The number of carbonyl (C=O) groups is 2. The van der Waals surface area contributed by atoms with E-state index in [2.05, 4.69) is 50.2 Å². The van der Waals surface area contributed by atoms with Gasteiger partial charge >= 0.3 is 7.12 Å². The molecule has 0 unspecified atom stereocenters. The Morgan fingerprint density at radius 2 is 1.97 bits per heavy atom. The van der Waals surface area contributed by atoms with Crippen molar-refractivity contribution in [2.24, 2.45) is 23.2 Å². The molecule has 1 aliphatic heterocycles. The Labute approximate surface area is 235 Å². The molecule has 3 aliphatic carbocycles. The number of aliphatic hydroxyl groups excluding tert-OH is 1. The summed E-state index contributed by atoms with van der Waals surface area (Å²) in [5.74, 6) is -0.0451. The van der Waals surface area contributed by atoms with Crippen LogP contribution in [0.15, 0.2) is 36.0 Å². The zero-order valence-electron chi connectivity index (χ0n) is 23.6. The van der Waals surface area contributed by atoms with Gasteiger partial charge in [-0.1, -0.05) is 33.8 Å². The second-order valence-corrected chi connectivity index (χ2v) is 13.7. The van der Waals surface area contributed by atoms with Crippen LogP contribution < -0.4 is 10.6 Å². The molecule has 10 heteroatoms. The van der Waals surface area contributed by atoms with E-state index < -0.39 is 37.0 Å². The van der Waals surface area contributed by atoms with Crippen LogP contribution in [0.25, 0.3) is 10.4 Å². The molecule has 39 heavy (non-hydrogen) atoms. The maximum Gasteiger partial charge on any atom is 0.481 e. The van der Waals surface area contributed by atoms with Gasteiger partial charge in [-0.25, -0.2) is 0 Å². The highest BCUT2D eigenvalue weighted by atomic mass is 32.1. The van der Waals surface area contributed by atoms with Crippen LogP contribution in [0.3, 0.4) is 0 Å². The topological polar surface area (TPSA) is 110 Å². The number of hydrogen-bond acceptors (Lipinski definition) is 7. The van der Waals surface area contributed by atoms with Crippen LogP contribution in [0.4, 0.5) is 0 Å². The highest BCUT2D eigenvalue weighted by molar-refractivity contribution is 7.13.